The fraction of sp³-hybridized carbons (Fsp3) is 0.250. The molecule has 2 heteroatoms. The number of allylic oxidation sites excluding steroid dienone is 1. The predicted molar refractivity (Wildman–Crippen MR) is 55.8 cm³/mol. The predicted octanol–water partition coefficient (Wildman–Crippen LogP) is 3.35. The number of halogens is 1. The van der Waals surface area contributed by atoms with E-state index in [-0.39, 0.29) is 5.82 Å². The highest BCUT2D eigenvalue weighted by atomic mass is 19.1. The third-order valence-corrected chi connectivity index (χ3v) is 1.99. The van der Waals surface area contributed by atoms with E-state index in [4.69, 9.17) is 4.74 Å². The molecule has 0 aliphatic rings. The summed E-state index contributed by atoms with van der Waals surface area (Å²) in [5.41, 5.74) is 0.834. The molecule has 0 spiro atoms. The first kappa shape index (κ1) is 10.8. The van der Waals surface area contributed by atoms with Crippen LogP contribution in [0.25, 0.3) is 0 Å². The van der Waals surface area contributed by atoms with E-state index in [0.29, 0.717) is 12.4 Å². The molecule has 0 aliphatic carbocycles. The van der Waals surface area contributed by atoms with Crippen molar-refractivity contribution in [1.29, 1.82) is 0 Å². The molecule has 0 bridgehead atoms. The molecule has 75 valence electrons. The minimum absolute atomic E-state index is 0.299. The first-order valence-electron chi connectivity index (χ1n) is 4.57. The lowest BCUT2D eigenvalue weighted by molar-refractivity contribution is 0.321. The zero-order valence-corrected chi connectivity index (χ0v) is 8.51. The molecule has 0 amide bonds. The highest BCUT2D eigenvalue weighted by Gasteiger charge is 2.07. The molecule has 0 aromatic heterocycles. The summed E-state index contributed by atoms with van der Waals surface area (Å²) >= 11 is 0. The van der Waals surface area contributed by atoms with Crippen LogP contribution >= 0.6 is 0 Å². The van der Waals surface area contributed by atoms with Gasteiger partial charge in [0.2, 0.25) is 0 Å². The van der Waals surface area contributed by atoms with Crippen molar-refractivity contribution in [3.63, 3.8) is 0 Å². The maximum atomic E-state index is 13.4. The zero-order valence-electron chi connectivity index (χ0n) is 8.51. The second-order valence-corrected chi connectivity index (χ2v) is 2.97. The highest BCUT2D eigenvalue weighted by molar-refractivity contribution is 5.39. The Morgan fingerprint density at radius 2 is 2.29 bits per heavy atom. The van der Waals surface area contributed by atoms with Crippen LogP contribution in [0.3, 0.4) is 0 Å². The third kappa shape index (κ3) is 2.34. The van der Waals surface area contributed by atoms with E-state index in [1.807, 2.05) is 19.9 Å². The molecular weight excluding hydrogens is 179 g/mol. The van der Waals surface area contributed by atoms with Gasteiger partial charge in [-0.25, -0.2) is 4.39 Å². The zero-order chi connectivity index (χ0) is 10.6. The fourth-order valence-corrected chi connectivity index (χ4v) is 1.14. The lowest BCUT2D eigenvalue weighted by atomic mass is 10.0. The van der Waals surface area contributed by atoms with E-state index in [2.05, 4.69) is 6.58 Å². The lowest BCUT2D eigenvalue weighted by Crippen LogP contribution is -1.97. The molecule has 0 saturated heterocycles. The number of hydrogen-bond donors (Lipinski definition) is 0. The van der Waals surface area contributed by atoms with Crippen molar-refractivity contribution < 1.29 is 9.13 Å². The molecule has 1 aromatic carbocycles. The second kappa shape index (κ2) is 4.80. The molecule has 1 nitrogen and oxygen atoms in total. The summed E-state index contributed by atoms with van der Waals surface area (Å²) in [5, 5.41) is 0. The summed E-state index contributed by atoms with van der Waals surface area (Å²) in [5.74, 6) is 0.922. The van der Waals surface area contributed by atoms with E-state index in [1.165, 1.54) is 6.07 Å². The average molecular weight is 193 g/mol. The van der Waals surface area contributed by atoms with Crippen molar-refractivity contribution in [2.75, 3.05) is 6.61 Å². The average Bonchev–Trinajstić information content (AvgIpc) is 2.20. The second-order valence-electron chi connectivity index (χ2n) is 2.97. The van der Waals surface area contributed by atoms with Crippen molar-refractivity contribution in [3.8, 4) is 5.75 Å². The number of rotatable bonds is 4. The monoisotopic (exact) mass is 193 g/mol. The number of benzene rings is 1. The Balaban J connectivity index is 2.93. The maximum Gasteiger partial charge on any atom is 0.165 e. The molecule has 14 heavy (non-hydrogen) atoms. The quantitative estimate of drug-likeness (QED) is 0.712. The minimum atomic E-state index is -0.328. The molecule has 0 heterocycles. The van der Waals surface area contributed by atoms with E-state index in [1.54, 1.807) is 12.1 Å². The van der Waals surface area contributed by atoms with Crippen LogP contribution in [0.2, 0.25) is 0 Å². The van der Waals surface area contributed by atoms with Gasteiger partial charge in [0, 0.05) is 5.92 Å². The standard InChI is InChI=1S/C12H14FO/c1-4-9(3)10-6-7-12(14-5-2)11(13)8-10/h4,6-8H,1,5H2,2-3H3. The summed E-state index contributed by atoms with van der Waals surface area (Å²) in [7, 11) is 0. The Hall–Kier alpha value is -1.31. The van der Waals surface area contributed by atoms with Crippen LogP contribution in [-0.2, 0) is 0 Å². The maximum absolute atomic E-state index is 13.4. The van der Waals surface area contributed by atoms with E-state index < -0.39 is 0 Å². The summed E-state index contributed by atoms with van der Waals surface area (Å²) in [4.78, 5) is 0. The van der Waals surface area contributed by atoms with E-state index >= 15 is 0 Å². The van der Waals surface area contributed by atoms with Gasteiger partial charge in [-0.1, -0.05) is 19.1 Å². The molecule has 0 aliphatic heterocycles. The van der Waals surface area contributed by atoms with Gasteiger partial charge in [0.1, 0.15) is 0 Å². The Morgan fingerprint density at radius 3 is 2.79 bits per heavy atom. The largest absolute Gasteiger partial charge is 0.491 e. The van der Waals surface area contributed by atoms with E-state index in [9.17, 15) is 4.39 Å². The Morgan fingerprint density at radius 1 is 1.57 bits per heavy atom. The van der Waals surface area contributed by atoms with Gasteiger partial charge in [0.15, 0.2) is 11.6 Å². The summed E-state index contributed by atoms with van der Waals surface area (Å²) in [6, 6.07) is 4.92. The topological polar surface area (TPSA) is 9.23 Å². The number of ether oxygens (including phenoxy) is 1. The lowest BCUT2D eigenvalue weighted by Gasteiger charge is -2.08. The molecule has 1 radical (unpaired) electrons. The van der Waals surface area contributed by atoms with Gasteiger partial charge in [-0.3, -0.25) is 0 Å². The first-order valence-corrected chi connectivity index (χ1v) is 4.57. The van der Waals surface area contributed by atoms with Crippen molar-refractivity contribution in [2.45, 2.75) is 13.8 Å². The first-order chi connectivity index (χ1) is 6.69. The van der Waals surface area contributed by atoms with Crippen LogP contribution in [0.15, 0.2) is 30.9 Å². The third-order valence-electron chi connectivity index (χ3n) is 1.99. The van der Waals surface area contributed by atoms with Gasteiger partial charge in [-0.15, -0.1) is 6.58 Å². The Bertz CT molecular complexity index is 320. The number of hydrogen-bond acceptors (Lipinski definition) is 1. The molecule has 0 unspecified atom stereocenters. The van der Waals surface area contributed by atoms with Crippen LogP contribution in [0.4, 0.5) is 4.39 Å². The molecule has 1 rings (SSSR count). The van der Waals surface area contributed by atoms with Gasteiger partial charge >= 0.3 is 0 Å². The summed E-state index contributed by atoms with van der Waals surface area (Å²) in [6.07, 6.45) is 1.70. The highest BCUT2D eigenvalue weighted by Crippen LogP contribution is 2.22. The van der Waals surface area contributed by atoms with Crippen molar-refractivity contribution in [1.82, 2.24) is 0 Å². The van der Waals surface area contributed by atoms with E-state index in [0.717, 1.165) is 11.5 Å². The molecule has 1 aromatic rings. The molecular formula is C12H14FO. The van der Waals surface area contributed by atoms with Crippen molar-refractivity contribution in [3.05, 3.63) is 48.2 Å². The molecule has 0 atom stereocenters. The smallest absolute Gasteiger partial charge is 0.165 e. The Kier molecular flexibility index (Phi) is 3.69. The van der Waals surface area contributed by atoms with Gasteiger partial charge in [0.05, 0.1) is 6.61 Å². The summed E-state index contributed by atoms with van der Waals surface area (Å²) in [6.45, 7) is 7.83. The molecule has 0 saturated carbocycles. The summed E-state index contributed by atoms with van der Waals surface area (Å²) < 4.78 is 18.5. The van der Waals surface area contributed by atoms with Crippen LogP contribution in [0.1, 0.15) is 19.4 Å². The van der Waals surface area contributed by atoms with Crippen LogP contribution < -0.4 is 4.74 Å². The van der Waals surface area contributed by atoms with Crippen LogP contribution in [0, 0.1) is 11.7 Å². The fourth-order valence-electron chi connectivity index (χ4n) is 1.14. The van der Waals surface area contributed by atoms with Gasteiger partial charge in [0.25, 0.3) is 0 Å². The van der Waals surface area contributed by atoms with Crippen molar-refractivity contribution in [2.24, 2.45) is 0 Å². The van der Waals surface area contributed by atoms with Crippen LogP contribution in [0.5, 0.6) is 5.75 Å². The minimum Gasteiger partial charge on any atom is -0.491 e. The Labute approximate surface area is 84.2 Å². The van der Waals surface area contributed by atoms with Gasteiger partial charge < -0.3 is 4.74 Å². The molecule has 0 fully saturated rings. The molecule has 0 N–H and O–H groups in total. The van der Waals surface area contributed by atoms with Gasteiger partial charge in [-0.2, -0.15) is 0 Å². The SMILES string of the molecule is C=C[C](C)c1ccc(OCC)c(F)c1. The van der Waals surface area contributed by atoms with Crippen LogP contribution in [-0.4, -0.2) is 6.61 Å². The van der Waals surface area contributed by atoms with Crippen molar-refractivity contribution >= 4 is 0 Å². The van der Waals surface area contributed by atoms with Gasteiger partial charge in [-0.05, 0) is 24.6 Å². The normalized spacial score (nSPS) is 10.3.